The zero-order valence-electron chi connectivity index (χ0n) is 50.7. The van der Waals surface area contributed by atoms with Gasteiger partial charge in [-0.2, -0.15) is 0 Å². The molecule has 0 aromatic heterocycles. The molecule has 0 spiro atoms. The molecule has 0 aromatic rings. The molecule has 3 unspecified atom stereocenters. The lowest BCUT2D eigenvalue weighted by atomic mass is 10.0. The molecule has 0 saturated carbocycles. The number of allylic oxidation sites excluding steroid dienone is 7. The van der Waals surface area contributed by atoms with Crippen LogP contribution in [0.4, 0.5) is 0 Å². The number of nitrogens with one attached hydrogen (secondary N) is 1. The number of hydrogen-bond donors (Lipinski definition) is 4. The van der Waals surface area contributed by atoms with Gasteiger partial charge in [0.25, 0.3) is 0 Å². The van der Waals surface area contributed by atoms with E-state index in [1.807, 2.05) is 6.08 Å². The van der Waals surface area contributed by atoms with Gasteiger partial charge in [0.05, 0.1) is 31.3 Å². The van der Waals surface area contributed by atoms with Crippen LogP contribution in [0.5, 0.6) is 0 Å². The second-order valence-electron chi connectivity index (χ2n) is 23.4. The summed E-state index contributed by atoms with van der Waals surface area (Å²) in [4.78, 5) is 12.6. The summed E-state index contributed by atoms with van der Waals surface area (Å²) in [6, 6.07) is -0.764. The third kappa shape index (κ3) is 61.4. The Labute approximate surface area is 469 Å². The first-order valence-corrected chi connectivity index (χ1v) is 33.9. The van der Waals surface area contributed by atoms with Crippen molar-refractivity contribution in [1.82, 2.24) is 5.32 Å². The molecular formula is C70H133NO4. The minimum atomic E-state index is -0.954. The standard InChI is InChI=1S/C70H133NO4/c1-3-5-7-9-11-13-15-17-19-21-23-25-27-28-29-30-31-32-33-34-35-36-37-38-39-40-42-43-45-47-49-51-53-55-57-59-61-63-67(73)65-70(75)71-68(66-72)69(74)64-62-60-58-56-54-52-50-48-46-44-41-26-24-22-20-18-16-14-12-10-8-6-4-2/h31-32,34-35,54,56,62,64,67-69,72-74H,3-30,33,36-53,55,57-61,63,65-66H2,1-2H3,(H,71,75)/b32-31-,35-34-,56-54+,64-62+. The van der Waals surface area contributed by atoms with E-state index in [4.69, 9.17) is 0 Å². The van der Waals surface area contributed by atoms with E-state index in [1.165, 1.54) is 302 Å². The summed E-state index contributed by atoms with van der Waals surface area (Å²) in [5.74, 6) is -0.321. The number of rotatable bonds is 63. The topological polar surface area (TPSA) is 89.8 Å². The molecule has 0 rings (SSSR count). The van der Waals surface area contributed by atoms with Crippen LogP contribution in [0.25, 0.3) is 0 Å². The molecule has 5 heteroatoms. The van der Waals surface area contributed by atoms with Gasteiger partial charge in [-0.15, -0.1) is 0 Å². The van der Waals surface area contributed by atoms with Crippen molar-refractivity contribution in [2.24, 2.45) is 0 Å². The minimum Gasteiger partial charge on any atom is -0.394 e. The van der Waals surface area contributed by atoms with Gasteiger partial charge in [-0.05, 0) is 64.2 Å². The van der Waals surface area contributed by atoms with Crippen molar-refractivity contribution in [1.29, 1.82) is 0 Å². The Kier molecular flexibility index (Phi) is 63.4. The molecule has 442 valence electrons. The van der Waals surface area contributed by atoms with Gasteiger partial charge >= 0.3 is 0 Å². The molecule has 0 aliphatic carbocycles. The summed E-state index contributed by atoms with van der Waals surface area (Å²) in [6.07, 6.45) is 87.9. The highest BCUT2D eigenvalue weighted by Crippen LogP contribution is 2.18. The van der Waals surface area contributed by atoms with Gasteiger partial charge in [-0.1, -0.05) is 345 Å². The fourth-order valence-electron chi connectivity index (χ4n) is 10.7. The van der Waals surface area contributed by atoms with Crippen molar-refractivity contribution < 1.29 is 20.1 Å². The van der Waals surface area contributed by atoms with Crippen molar-refractivity contribution in [2.45, 2.75) is 385 Å². The molecule has 0 fully saturated rings. The van der Waals surface area contributed by atoms with E-state index in [1.54, 1.807) is 6.08 Å². The molecule has 1 amide bonds. The van der Waals surface area contributed by atoms with Crippen LogP contribution >= 0.6 is 0 Å². The predicted octanol–water partition coefficient (Wildman–Crippen LogP) is 21.9. The Morgan fingerprint density at radius 2 is 0.613 bits per heavy atom. The Morgan fingerprint density at radius 3 is 0.933 bits per heavy atom. The smallest absolute Gasteiger partial charge is 0.222 e. The van der Waals surface area contributed by atoms with Gasteiger partial charge < -0.3 is 20.6 Å². The number of unbranched alkanes of at least 4 members (excludes halogenated alkanes) is 48. The summed E-state index contributed by atoms with van der Waals surface area (Å²) in [6.45, 7) is 4.25. The zero-order valence-corrected chi connectivity index (χ0v) is 50.7. The lowest BCUT2D eigenvalue weighted by Gasteiger charge is -2.21. The van der Waals surface area contributed by atoms with Crippen LogP contribution < -0.4 is 5.32 Å². The van der Waals surface area contributed by atoms with E-state index < -0.39 is 18.2 Å². The second kappa shape index (κ2) is 64.8. The maximum absolute atomic E-state index is 12.6. The summed E-state index contributed by atoms with van der Waals surface area (Å²) in [7, 11) is 0. The first kappa shape index (κ1) is 73.3. The SMILES string of the molecule is CCCCCCCCCCCCCCCCC/C=C\C/C=C\CCCCCCCCCCCCCCCCCC(O)CC(=O)NC(CO)C(O)/C=C/CC/C=C/CCCCCCCCCCCCCCCCCCC. The normalized spacial score (nSPS) is 13.4. The van der Waals surface area contributed by atoms with E-state index >= 15 is 0 Å². The van der Waals surface area contributed by atoms with Crippen molar-refractivity contribution in [3.05, 3.63) is 48.6 Å². The van der Waals surface area contributed by atoms with Gasteiger partial charge in [0.1, 0.15) is 0 Å². The van der Waals surface area contributed by atoms with Crippen LogP contribution in [0.3, 0.4) is 0 Å². The van der Waals surface area contributed by atoms with E-state index in [0.29, 0.717) is 6.42 Å². The Hall–Kier alpha value is -1.69. The van der Waals surface area contributed by atoms with Crippen LogP contribution in [-0.4, -0.2) is 46.1 Å². The maximum Gasteiger partial charge on any atom is 0.222 e. The second-order valence-corrected chi connectivity index (χ2v) is 23.4. The fourth-order valence-corrected chi connectivity index (χ4v) is 10.7. The molecule has 0 saturated heterocycles. The molecule has 0 aliphatic heterocycles. The van der Waals surface area contributed by atoms with E-state index in [0.717, 1.165) is 38.5 Å². The largest absolute Gasteiger partial charge is 0.394 e. The minimum absolute atomic E-state index is 0.00659. The van der Waals surface area contributed by atoms with Gasteiger partial charge in [-0.3, -0.25) is 4.79 Å². The first-order chi connectivity index (χ1) is 37.0. The lowest BCUT2D eigenvalue weighted by molar-refractivity contribution is -0.124. The average molecular weight is 1050 g/mol. The number of aliphatic hydroxyl groups excluding tert-OH is 3. The molecule has 3 atom stereocenters. The van der Waals surface area contributed by atoms with Crippen molar-refractivity contribution in [2.75, 3.05) is 6.61 Å². The van der Waals surface area contributed by atoms with Gasteiger partial charge in [0.15, 0.2) is 0 Å². The summed E-state index contributed by atoms with van der Waals surface area (Å²) in [5.41, 5.74) is 0. The van der Waals surface area contributed by atoms with E-state index in [2.05, 4.69) is 55.6 Å². The number of aliphatic hydroxyl groups is 3. The van der Waals surface area contributed by atoms with Gasteiger partial charge in [-0.25, -0.2) is 0 Å². The Bertz CT molecular complexity index is 1210. The van der Waals surface area contributed by atoms with E-state index in [9.17, 15) is 20.1 Å². The van der Waals surface area contributed by atoms with Crippen LogP contribution in [0.1, 0.15) is 367 Å². The highest BCUT2D eigenvalue weighted by Gasteiger charge is 2.20. The monoisotopic (exact) mass is 1050 g/mol. The molecular weight excluding hydrogens is 919 g/mol. The van der Waals surface area contributed by atoms with Gasteiger partial charge in [0, 0.05) is 0 Å². The van der Waals surface area contributed by atoms with Crippen molar-refractivity contribution in [3.63, 3.8) is 0 Å². The molecule has 75 heavy (non-hydrogen) atoms. The van der Waals surface area contributed by atoms with Crippen LogP contribution in [0.15, 0.2) is 48.6 Å². The highest BCUT2D eigenvalue weighted by atomic mass is 16.3. The van der Waals surface area contributed by atoms with E-state index in [-0.39, 0.29) is 18.9 Å². The van der Waals surface area contributed by atoms with Crippen molar-refractivity contribution in [3.8, 4) is 0 Å². The Morgan fingerprint density at radius 1 is 0.347 bits per heavy atom. The lowest BCUT2D eigenvalue weighted by Crippen LogP contribution is -2.45. The number of carbonyl (C=O) groups excluding carboxylic acids is 1. The van der Waals surface area contributed by atoms with Crippen molar-refractivity contribution >= 4 is 5.91 Å². The molecule has 0 aromatic carbocycles. The highest BCUT2D eigenvalue weighted by molar-refractivity contribution is 5.76. The molecule has 0 bridgehead atoms. The third-order valence-electron chi connectivity index (χ3n) is 15.8. The average Bonchev–Trinajstić information content (AvgIpc) is 3.41. The summed E-state index contributed by atoms with van der Waals surface area (Å²) in [5, 5.41) is 33.6. The first-order valence-electron chi connectivity index (χ1n) is 33.9. The van der Waals surface area contributed by atoms with Crippen LogP contribution in [0, 0.1) is 0 Å². The molecule has 0 aliphatic rings. The quantitative estimate of drug-likeness (QED) is 0.0361. The summed E-state index contributed by atoms with van der Waals surface area (Å²) >= 11 is 0. The number of carbonyl (C=O) groups is 1. The Balaban J connectivity index is 3.52. The fraction of sp³-hybridized carbons (Fsp3) is 0.871. The number of amides is 1. The molecule has 5 nitrogen and oxygen atoms in total. The molecule has 4 N–H and O–H groups in total. The maximum atomic E-state index is 12.6. The van der Waals surface area contributed by atoms with Gasteiger partial charge in [0.2, 0.25) is 5.91 Å². The predicted molar refractivity (Wildman–Crippen MR) is 333 cm³/mol. The zero-order chi connectivity index (χ0) is 54.3. The third-order valence-corrected chi connectivity index (χ3v) is 15.8. The molecule has 0 radical (unpaired) electrons. The number of hydrogen-bond acceptors (Lipinski definition) is 4. The molecule has 0 heterocycles. The summed E-state index contributed by atoms with van der Waals surface area (Å²) < 4.78 is 0. The van der Waals surface area contributed by atoms with Crippen LogP contribution in [-0.2, 0) is 4.79 Å². The van der Waals surface area contributed by atoms with Crippen LogP contribution in [0.2, 0.25) is 0 Å².